The Morgan fingerprint density at radius 3 is 2.52 bits per heavy atom. The molecule has 3 rings (SSSR count). The average molecular weight is 398 g/mol. The maximum Gasteiger partial charge on any atom is 0.284 e. The predicted molar refractivity (Wildman–Crippen MR) is 93.2 cm³/mol. The molecule has 4 nitrogen and oxygen atoms in total. The van der Waals surface area contributed by atoms with Crippen molar-refractivity contribution in [1.82, 2.24) is 9.78 Å². The second-order valence-corrected chi connectivity index (χ2v) is 6.05. The maximum absolute atomic E-state index is 13.9. The van der Waals surface area contributed by atoms with Crippen molar-refractivity contribution in [3.05, 3.63) is 64.9 Å². The van der Waals surface area contributed by atoms with Crippen LogP contribution in [0.3, 0.4) is 0 Å². The van der Waals surface area contributed by atoms with E-state index in [0.29, 0.717) is 6.41 Å². The molecular weight excluding hydrogens is 386 g/mol. The van der Waals surface area contributed by atoms with E-state index in [1.807, 2.05) is 0 Å². The number of amides is 1. The molecule has 0 aliphatic rings. The molecule has 2 aromatic carbocycles. The number of nitrogens with zero attached hydrogens (tertiary/aromatic N) is 3. The Bertz CT molecular complexity index is 1010. The van der Waals surface area contributed by atoms with Gasteiger partial charge in [0.15, 0.2) is 5.69 Å². The van der Waals surface area contributed by atoms with E-state index in [4.69, 9.17) is 11.6 Å². The number of rotatable bonds is 5. The van der Waals surface area contributed by atoms with Crippen LogP contribution in [0.2, 0.25) is 5.02 Å². The Morgan fingerprint density at radius 2 is 1.89 bits per heavy atom. The zero-order chi connectivity index (χ0) is 19.7. The van der Waals surface area contributed by atoms with Gasteiger partial charge >= 0.3 is 0 Å². The van der Waals surface area contributed by atoms with Gasteiger partial charge in [-0.1, -0.05) is 17.7 Å². The molecule has 0 fully saturated rings. The fourth-order valence-corrected chi connectivity index (χ4v) is 2.81. The van der Waals surface area contributed by atoms with Crippen molar-refractivity contribution in [3.8, 4) is 11.1 Å². The number of aromatic nitrogens is 2. The first-order chi connectivity index (χ1) is 12.8. The van der Waals surface area contributed by atoms with Crippen LogP contribution in [0.1, 0.15) is 12.1 Å². The van der Waals surface area contributed by atoms with Crippen LogP contribution < -0.4 is 4.90 Å². The number of anilines is 2. The highest BCUT2D eigenvalue weighted by atomic mass is 35.5. The molecule has 0 bridgehead atoms. The maximum atomic E-state index is 13.9. The third-order valence-corrected chi connectivity index (χ3v) is 4.16. The van der Waals surface area contributed by atoms with E-state index in [1.54, 1.807) is 0 Å². The Labute approximate surface area is 156 Å². The van der Waals surface area contributed by atoms with Crippen molar-refractivity contribution in [1.29, 1.82) is 0 Å². The molecule has 140 valence electrons. The third-order valence-electron chi connectivity index (χ3n) is 3.86. The first-order valence-corrected chi connectivity index (χ1v) is 8.00. The second-order valence-electron chi connectivity index (χ2n) is 5.64. The van der Waals surface area contributed by atoms with Crippen molar-refractivity contribution < 1.29 is 22.4 Å². The smallest absolute Gasteiger partial charge is 0.279 e. The van der Waals surface area contributed by atoms with Crippen LogP contribution in [0.5, 0.6) is 0 Å². The Balaban J connectivity index is 2.21. The normalized spacial score (nSPS) is 11.1. The predicted octanol–water partition coefficient (Wildman–Crippen LogP) is 5.25. The van der Waals surface area contributed by atoms with Crippen molar-refractivity contribution in [2.45, 2.75) is 6.43 Å². The molecule has 27 heavy (non-hydrogen) atoms. The van der Waals surface area contributed by atoms with Gasteiger partial charge in [-0.05, 0) is 35.9 Å². The highest BCUT2D eigenvalue weighted by molar-refractivity contribution is 6.30. The Hall–Kier alpha value is -2.87. The molecule has 0 unspecified atom stereocenters. The van der Waals surface area contributed by atoms with Crippen LogP contribution in [0, 0.1) is 11.6 Å². The van der Waals surface area contributed by atoms with Crippen LogP contribution in [0.4, 0.5) is 28.9 Å². The van der Waals surface area contributed by atoms with Gasteiger partial charge in [0.1, 0.15) is 11.6 Å². The van der Waals surface area contributed by atoms with Gasteiger partial charge in [-0.25, -0.2) is 17.6 Å². The average Bonchev–Trinajstić information content (AvgIpc) is 3.01. The number of benzene rings is 2. The molecule has 0 atom stereocenters. The summed E-state index contributed by atoms with van der Waals surface area (Å²) in [7, 11) is 1.43. The molecule has 3 aromatic rings. The summed E-state index contributed by atoms with van der Waals surface area (Å²) in [5.41, 5.74) is -0.336. The number of carbonyl (C=O) groups is 1. The van der Waals surface area contributed by atoms with Gasteiger partial charge in [0, 0.05) is 18.8 Å². The van der Waals surface area contributed by atoms with E-state index in [0.717, 1.165) is 27.8 Å². The molecule has 0 saturated heterocycles. The summed E-state index contributed by atoms with van der Waals surface area (Å²) in [4.78, 5) is 12.6. The van der Waals surface area contributed by atoms with Gasteiger partial charge in [-0.15, -0.1) is 0 Å². The van der Waals surface area contributed by atoms with Crippen LogP contribution in [-0.2, 0) is 11.8 Å². The minimum atomic E-state index is -2.93. The number of aryl methyl sites for hydroxylation is 1. The molecule has 0 aliphatic heterocycles. The number of halogens is 5. The summed E-state index contributed by atoms with van der Waals surface area (Å²) in [5.74, 6) is -1.38. The number of carbonyl (C=O) groups excluding carboxylic acids is 1. The van der Waals surface area contributed by atoms with Gasteiger partial charge in [0.05, 0.1) is 16.4 Å². The van der Waals surface area contributed by atoms with E-state index in [9.17, 15) is 22.4 Å². The first-order valence-electron chi connectivity index (χ1n) is 7.63. The summed E-state index contributed by atoms with van der Waals surface area (Å²) in [6, 6.07) is 7.17. The zero-order valence-corrected chi connectivity index (χ0v) is 14.6. The molecule has 0 radical (unpaired) electrons. The number of alkyl halides is 2. The van der Waals surface area contributed by atoms with Crippen molar-refractivity contribution in [2.75, 3.05) is 4.90 Å². The number of hydrogen-bond donors (Lipinski definition) is 0. The lowest BCUT2D eigenvalue weighted by Gasteiger charge is -2.21. The fourth-order valence-electron chi connectivity index (χ4n) is 2.69. The Kier molecular flexibility index (Phi) is 5.18. The fraction of sp³-hybridized carbons (Fsp3) is 0.111. The SMILES string of the molecule is Cn1cc(N(C=O)c2ccc(F)cc2-c2ccc(Cl)c(F)c2)c(C(F)F)n1. The highest BCUT2D eigenvalue weighted by Crippen LogP contribution is 2.38. The van der Waals surface area contributed by atoms with Gasteiger partial charge in [0.25, 0.3) is 6.43 Å². The monoisotopic (exact) mass is 397 g/mol. The van der Waals surface area contributed by atoms with Crippen molar-refractivity contribution in [3.63, 3.8) is 0 Å². The van der Waals surface area contributed by atoms with Gasteiger partial charge in [0.2, 0.25) is 6.41 Å². The summed E-state index contributed by atoms with van der Waals surface area (Å²) in [5, 5.41) is 3.54. The van der Waals surface area contributed by atoms with Crippen molar-refractivity contribution in [2.24, 2.45) is 7.05 Å². The molecule has 1 aromatic heterocycles. The highest BCUT2D eigenvalue weighted by Gasteiger charge is 2.25. The Morgan fingerprint density at radius 1 is 1.15 bits per heavy atom. The van der Waals surface area contributed by atoms with Gasteiger partial charge in [-0.2, -0.15) is 5.10 Å². The second kappa shape index (κ2) is 7.40. The zero-order valence-electron chi connectivity index (χ0n) is 13.8. The van der Waals surface area contributed by atoms with Crippen LogP contribution in [0.25, 0.3) is 11.1 Å². The van der Waals surface area contributed by atoms with E-state index in [1.165, 1.54) is 31.4 Å². The van der Waals surface area contributed by atoms with E-state index < -0.39 is 23.8 Å². The largest absolute Gasteiger partial charge is 0.284 e. The van der Waals surface area contributed by atoms with E-state index in [2.05, 4.69) is 5.10 Å². The molecule has 0 N–H and O–H groups in total. The molecule has 0 aliphatic carbocycles. The van der Waals surface area contributed by atoms with Crippen LogP contribution in [0.15, 0.2) is 42.6 Å². The molecule has 1 amide bonds. The summed E-state index contributed by atoms with van der Waals surface area (Å²) in [6.07, 6.45) is -1.38. The topological polar surface area (TPSA) is 38.1 Å². The van der Waals surface area contributed by atoms with Crippen molar-refractivity contribution >= 4 is 29.4 Å². The third kappa shape index (κ3) is 3.66. The lowest BCUT2D eigenvalue weighted by molar-refractivity contribution is -0.106. The lowest BCUT2D eigenvalue weighted by atomic mass is 10.0. The van der Waals surface area contributed by atoms with Gasteiger partial charge < -0.3 is 0 Å². The van der Waals surface area contributed by atoms with Crippen LogP contribution >= 0.6 is 11.6 Å². The molecular formula is C18H12ClF4N3O. The molecule has 1 heterocycles. The summed E-state index contributed by atoms with van der Waals surface area (Å²) >= 11 is 5.67. The summed E-state index contributed by atoms with van der Waals surface area (Å²) < 4.78 is 55.4. The quantitative estimate of drug-likeness (QED) is 0.435. The minimum absolute atomic E-state index is 0.0861. The van der Waals surface area contributed by atoms with E-state index in [-0.39, 0.29) is 27.5 Å². The molecule has 0 spiro atoms. The molecule has 9 heteroatoms. The van der Waals surface area contributed by atoms with Gasteiger partial charge in [-0.3, -0.25) is 14.4 Å². The first kappa shape index (κ1) is 18.9. The minimum Gasteiger partial charge on any atom is -0.279 e. The van der Waals surface area contributed by atoms with Crippen LogP contribution in [-0.4, -0.2) is 16.2 Å². The summed E-state index contributed by atoms with van der Waals surface area (Å²) in [6.45, 7) is 0. The molecule has 0 saturated carbocycles. The van der Waals surface area contributed by atoms with E-state index >= 15 is 0 Å². The number of hydrogen-bond acceptors (Lipinski definition) is 2. The lowest BCUT2D eigenvalue weighted by Crippen LogP contribution is -2.16. The standard InChI is InChI=1S/C18H12ClF4N3O/c1-25-8-16(17(24-25)18(22)23)26(9-27)15-5-3-11(20)7-12(15)10-2-4-13(19)14(21)6-10/h2-9,18H,1H3.